The van der Waals surface area contributed by atoms with Crippen LogP contribution in [0.2, 0.25) is 0 Å². The average molecular weight is 224 g/mol. The van der Waals surface area contributed by atoms with Crippen molar-refractivity contribution in [1.29, 1.82) is 0 Å². The van der Waals surface area contributed by atoms with Crippen LogP contribution in [0.15, 0.2) is 0 Å². The summed E-state index contributed by atoms with van der Waals surface area (Å²) in [5.74, 6) is 1.71. The molecule has 2 aliphatic heterocycles. The standard InChI is InChI=1S/C13H24N2O/c1-15-4-2-3-10(7-15)13(8-16-9-13)11-5-12(14)6-11/h10-12H,2-9,14H2,1H3. The van der Waals surface area contributed by atoms with Gasteiger partial charge in [-0.25, -0.2) is 0 Å². The van der Waals surface area contributed by atoms with Crippen molar-refractivity contribution in [3.63, 3.8) is 0 Å². The molecule has 0 aromatic rings. The molecule has 16 heavy (non-hydrogen) atoms. The molecule has 0 aromatic heterocycles. The van der Waals surface area contributed by atoms with Crippen molar-refractivity contribution in [3.8, 4) is 0 Å². The molecular formula is C13H24N2O. The maximum absolute atomic E-state index is 5.95. The van der Waals surface area contributed by atoms with Gasteiger partial charge in [0, 0.05) is 18.0 Å². The molecule has 2 heterocycles. The fourth-order valence-electron chi connectivity index (χ4n) is 3.91. The summed E-state index contributed by atoms with van der Waals surface area (Å²) in [5.41, 5.74) is 6.45. The zero-order valence-electron chi connectivity index (χ0n) is 10.3. The van der Waals surface area contributed by atoms with Gasteiger partial charge in [0.2, 0.25) is 0 Å². The highest BCUT2D eigenvalue weighted by Crippen LogP contribution is 2.52. The van der Waals surface area contributed by atoms with E-state index in [1.807, 2.05) is 0 Å². The second kappa shape index (κ2) is 3.97. The van der Waals surface area contributed by atoms with Gasteiger partial charge in [0.15, 0.2) is 0 Å². The van der Waals surface area contributed by atoms with Crippen LogP contribution in [0.4, 0.5) is 0 Å². The van der Waals surface area contributed by atoms with Crippen molar-refractivity contribution in [1.82, 2.24) is 4.90 Å². The van der Waals surface area contributed by atoms with E-state index in [-0.39, 0.29) is 0 Å². The first kappa shape index (κ1) is 11.0. The lowest BCUT2D eigenvalue weighted by molar-refractivity contribution is -0.203. The highest BCUT2D eigenvalue weighted by Gasteiger charge is 2.54. The largest absolute Gasteiger partial charge is 0.380 e. The summed E-state index contributed by atoms with van der Waals surface area (Å²) in [7, 11) is 2.26. The number of piperidine rings is 1. The molecule has 1 atom stereocenters. The first-order valence-corrected chi connectivity index (χ1v) is 6.72. The second-order valence-corrected chi connectivity index (χ2v) is 6.26. The number of nitrogens with zero attached hydrogens (tertiary/aromatic N) is 1. The van der Waals surface area contributed by atoms with E-state index in [1.54, 1.807) is 0 Å². The normalized spacial score (nSPS) is 43.5. The van der Waals surface area contributed by atoms with E-state index in [1.165, 1.54) is 38.8 Å². The molecule has 0 bridgehead atoms. The van der Waals surface area contributed by atoms with Gasteiger partial charge in [-0.05, 0) is 51.1 Å². The van der Waals surface area contributed by atoms with Crippen LogP contribution >= 0.6 is 0 Å². The number of hydrogen-bond acceptors (Lipinski definition) is 3. The Labute approximate surface area is 98.3 Å². The van der Waals surface area contributed by atoms with Gasteiger partial charge in [-0.3, -0.25) is 0 Å². The minimum absolute atomic E-state index is 0.476. The van der Waals surface area contributed by atoms with Crippen LogP contribution in [-0.4, -0.2) is 44.3 Å². The van der Waals surface area contributed by atoms with Crippen molar-refractivity contribution in [2.24, 2.45) is 23.0 Å². The van der Waals surface area contributed by atoms with Gasteiger partial charge in [-0.1, -0.05) is 0 Å². The number of rotatable bonds is 2. The maximum atomic E-state index is 5.95. The molecule has 3 heteroatoms. The van der Waals surface area contributed by atoms with Crippen LogP contribution in [0.1, 0.15) is 25.7 Å². The third-order valence-electron chi connectivity index (χ3n) is 5.17. The Morgan fingerprint density at radius 2 is 2.00 bits per heavy atom. The first-order chi connectivity index (χ1) is 7.71. The van der Waals surface area contributed by atoms with Crippen LogP contribution < -0.4 is 5.73 Å². The molecule has 1 saturated carbocycles. The number of hydrogen-bond donors (Lipinski definition) is 1. The summed E-state index contributed by atoms with van der Waals surface area (Å²) < 4.78 is 5.56. The predicted octanol–water partition coefficient (Wildman–Crippen LogP) is 1.08. The minimum Gasteiger partial charge on any atom is -0.380 e. The Morgan fingerprint density at radius 3 is 2.50 bits per heavy atom. The topological polar surface area (TPSA) is 38.5 Å². The van der Waals surface area contributed by atoms with E-state index in [2.05, 4.69) is 11.9 Å². The van der Waals surface area contributed by atoms with Gasteiger partial charge in [0.05, 0.1) is 13.2 Å². The number of likely N-dealkylation sites (tertiary alicyclic amines) is 1. The zero-order valence-corrected chi connectivity index (χ0v) is 10.3. The molecular weight excluding hydrogens is 200 g/mol. The van der Waals surface area contributed by atoms with E-state index in [9.17, 15) is 0 Å². The molecule has 3 nitrogen and oxygen atoms in total. The lowest BCUT2D eigenvalue weighted by Crippen LogP contribution is -2.61. The molecule has 3 aliphatic rings. The first-order valence-electron chi connectivity index (χ1n) is 6.72. The van der Waals surface area contributed by atoms with Crippen molar-refractivity contribution in [3.05, 3.63) is 0 Å². The Kier molecular flexibility index (Phi) is 2.73. The van der Waals surface area contributed by atoms with E-state index in [0.29, 0.717) is 11.5 Å². The van der Waals surface area contributed by atoms with Crippen LogP contribution in [0.5, 0.6) is 0 Å². The Balaban J connectivity index is 1.69. The van der Waals surface area contributed by atoms with Crippen molar-refractivity contribution < 1.29 is 4.74 Å². The molecule has 0 radical (unpaired) electrons. The Morgan fingerprint density at radius 1 is 1.25 bits per heavy atom. The summed E-state index contributed by atoms with van der Waals surface area (Å²) in [5, 5.41) is 0. The van der Waals surface area contributed by atoms with Gasteiger partial charge < -0.3 is 15.4 Å². The van der Waals surface area contributed by atoms with E-state index in [0.717, 1.165) is 25.0 Å². The molecule has 0 aromatic carbocycles. The fourth-order valence-corrected chi connectivity index (χ4v) is 3.91. The number of nitrogens with two attached hydrogens (primary N) is 1. The summed E-state index contributed by atoms with van der Waals surface area (Å²) >= 11 is 0. The van der Waals surface area contributed by atoms with E-state index in [4.69, 9.17) is 10.5 Å². The van der Waals surface area contributed by atoms with Crippen LogP contribution in [-0.2, 0) is 4.74 Å². The summed E-state index contributed by atoms with van der Waals surface area (Å²) in [6.45, 7) is 4.55. The third-order valence-corrected chi connectivity index (χ3v) is 5.17. The summed E-state index contributed by atoms with van der Waals surface area (Å²) in [4.78, 5) is 2.49. The molecule has 0 spiro atoms. The highest BCUT2D eigenvalue weighted by atomic mass is 16.5. The quantitative estimate of drug-likeness (QED) is 0.763. The molecule has 1 unspecified atom stereocenters. The van der Waals surface area contributed by atoms with Crippen molar-refractivity contribution in [2.45, 2.75) is 31.7 Å². The van der Waals surface area contributed by atoms with Crippen LogP contribution in [0.25, 0.3) is 0 Å². The van der Waals surface area contributed by atoms with E-state index < -0.39 is 0 Å². The zero-order chi connectivity index (χ0) is 11.2. The summed E-state index contributed by atoms with van der Waals surface area (Å²) in [6.07, 6.45) is 5.24. The third kappa shape index (κ3) is 1.60. The molecule has 92 valence electrons. The maximum Gasteiger partial charge on any atom is 0.0550 e. The Hall–Kier alpha value is -0.120. The van der Waals surface area contributed by atoms with Gasteiger partial charge in [-0.2, -0.15) is 0 Å². The molecule has 1 aliphatic carbocycles. The number of ether oxygens (including phenoxy) is 1. The highest BCUT2D eigenvalue weighted by molar-refractivity contribution is 5.04. The molecule has 0 amide bonds. The fraction of sp³-hybridized carbons (Fsp3) is 1.00. The van der Waals surface area contributed by atoms with E-state index >= 15 is 0 Å². The summed E-state index contributed by atoms with van der Waals surface area (Å²) in [6, 6.07) is 0.476. The Bertz CT molecular complexity index is 259. The minimum atomic E-state index is 0.476. The molecule has 3 rings (SSSR count). The average Bonchev–Trinajstić information content (AvgIpc) is 2.13. The second-order valence-electron chi connectivity index (χ2n) is 6.26. The SMILES string of the molecule is CN1CCCC(C2(C3CC(N)C3)COC2)C1. The van der Waals surface area contributed by atoms with Gasteiger partial charge >= 0.3 is 0 Å². The molecule has 2 N–H and O–H groups in total. The van der Waals surface area contributed by atoms with Crippen LogP contribution in [0.3, 0.4) is 0 Å². The van der Waals surface area contributed by atoms with Gasteiger partial charge in [0.25, 0.3) is 0 Å². The molecule has 3 fully saturated rings. The monoisotopic (exact) mass is 224 g/mol. The van der Waals surface area contributed by atoms with Crippen LogP contribution in [0, 0.1) is 17.3 Å². The van der Waals surface area contributed by atoms with Gasteiger partial charge in [0.1, 0.15) is 0 Å². The predicted molar refractivity (Wildman–Crippen MR) is 64.2 cm³/mol. The molecule has 2 saturated heterocycles. The lowest BCUT2D eigenvalue weighted by atomic mass is 9.55. The van der Waals surface area contributed by atoms with Gasteiger partial charge in [-0.15, -0.1) is 0 Å². The van der Waals surface area contributed by atoms with Crippen molar-refractivity contribution >= 4 is 0 Å². The van der Waals surface area contributed by atoms with Crippen molar-refractivity contribution in [2.75, 3.05) is 33.4 Å². The smallest absolute Gasteiger partial charge is 0.0550 e. The lowest BCUT2D eigenvalue weighted by Gasteiger charge is -2.58.